The highest BCUT2D eigenvalue weighted by Gasteiger charge is 2.32. The molecule has 5 heteroatoms. The molecule has 0 bridgehead atoms. The molecule has 2 atom stereocenters. The van der Waals surface area contributed by atoms with Gasteiger partial charge in [-0.25, -0.2) is 8.42 Å². The van der Waals surface area contributed by atoms with E-state index in [0.717, 1.165) is 30.4 Å². The van der Waals surface area contributed by atoms with Crippen LogP contribution in [0.15, 0.2) is 23.1 Å². The van der Waals surface area contributed by atoms with Crippen LogP contribution in [0.2, 0.25) is 0 Å². The Kier molecular flexibility index (Phi) is 5.33. The van der Waals surface area contributed by atoms with Crippen molar-refractivity contribution in [2.75, 3.05) is 7.05 Å². The van der Waals surface area contributed by atoms with Gasteiger partial charge in [0.15, 0.2) is 0 Å². The van der Waals surface area contributed by atoms with E-state index in [9.17, 15) is 8.42 Å². The number of hydrogen-bond acceptors (Lipinski definition) is 2. The Labute approximate surface area is 133 Å². The highest BCUT2D eigenvalue weighted by atomic mass is 35.5. The Morgan fingerprint density at radius 2 is 2.05 bits per heavy atom. The minimum Gasteiger partial charge on any atom is -0.207 e. The van der Waals surface area contributed by atoms with E-state index in [2.05, 4.69) is 6.92 Å². The normalized spacial score (nSPS) is 23.5. The number of alkyl halides is 1. The fourth-order valence-corrected chi connectivity index (χ4v) is 5.12. The Morgan fingerprint density at radius 1 is 1.33 bits per heavy atom. The van der Waals surface area contributed by atoms with Crippen LogP contribution in [0.5, 0.6) is 0 Å². The highest BCUT2D eigenvalue weighted by molar-refractivity contribution is 7.89. The molecule has 1 saturated carbocycles. The smallest absolute Gasteiger partial charge is 0.207 e. The molecule has 0 spiro atoms. The van der Waals surface area contributed by atoms with Gasteiger partial charge in [-0.05, 0) is 42.9 Å². The summed E-state index contributed by atoms with van der Waals surface area (Å²) in [5.41, 5.74) is 1.64. The Hall–Kier alpha value is -0.580. The third-order valence-corrected chi connectivity index (χ3v) is 6.96. The van der Waals surface area contributed by atoms with Crippen LogP contribution < -0.4 is 0 Å². The van der Waals surface area contributed by atoms with Gasteiger partial charge in [-0.2, -0.15) is 4.31 Å². The van der Waals surface area contributed by atoms with Crippen molar-refractivity contribution < 1.29 is 8.42 Å². The van der Waals surface area contributed by atoms with Crippen LogP contribution in [0.3, 0.4) is 0 Å². The summed E-state index contributed by atoms with van der Waals surface area (Å²) in [6.07, 6.45) is 4.20. The summed E-state index contributed by atoms with van der Waals surface area (Å²) in [7, 11) is -1.74. The highest BCUT2D eigenvalue weighted by Crippen LogP contribution is 2.31. The Morgan fingerprint density at radius 3 is 2.67 bits per heavy atom. The third-order valence-electron chi connectivity index (χ3n) is 4.62. The average molecular weight is 330 g/mol. The number of halogens is 1. The van der Waals surface area contributed by atoms with Crippen LogP contribution in [-0.4, -0.2) is 25.8 Å². The molecule has 2 unspecified atom stereocenters. The predicted molar refractivity (Wildman–Crippen MR) is 87.1 cm³/mol. The van der Waals surface area contributed by atoms with E-state index in [0.29, 0.717) is 16.7 Å². The van der Waals surface area contributed by atoms with E-state index < -0.39 is 10.0 Å². The first-order chi connectivity index (χ1) is 9.87. The molecule has 1 aliphatic rings. The fraction of sp³-hybridized carbons (Fsp3) is 0.625. The van der Waals surface area contributed by atoms with Crippen molar-refractivity contribution in [2.45, 2.75) is 56.3 Å². The quantitative estimate of drug-likeness (QED) is 0.785. The minimum absolute atomic E-state index is 0.109. The summed E-state index contributed by atoms with van der Waals surface area (Å²) in [4.78, 5) is 0.390. The second-order valence-corrected chi connectivity index (χ2v) is 8.35. The van der Waals surface area contributed by atoms with E-state index in [1.807, 2.05) is 13.0 Å². The maximum Gasteiger partial charge on any atom is 0.243 e. The van der Waals surface area contributed by atoms with Gasteiger partial charge in [-0.1, -0.05) is 31.9 Å². The maximum atomic E-state index is 12.9. The van der Waals surface area contributed by atoms with Crippen molar-refractivity contribution in [1.82, 2.24) is 4.31 Å². The van der Waals surface area contributed by atoms with Crippen LogP contribution >= 0.6 is 11.6 Å². The van der Waals surface area contributed by atoms with E-state index in [-0.39, 0.29) is 6.04 Å². The van der Waals surface area contributed by atoms with Crippen molar-refractivity contribution in [3.05, 3.63) is 29.3 Å². The van der Waals surface area contributed by atoms with Crippen molar-refractivity contribution in [2.24, 2.45) is 5.92 Å². The van der Waals surface area contributed by atoms with Gasteiger partial charge in [-0.3, -0.25) is 0 Å². The first-order valence-corrected chi connectivity index (χ1v) is 9.48. The lowest BCUT2D eigenvalue weighted by Crippen LogP contribution is -2.40. The van der Waals surface area contributed by atoms with E-state index in [1.165, 1.54) is 6.42 Å². The van der Waals surface area contributed by atoms with Crippen LogP contribution in [0, 0.1) is 12.8 Å². The molecule has 0 heterocycles. The lowest BCUT2D eigenvalue weighted by atomic mass is 9.87. The van der Waals surface area contributed by atoms with Gasteiger partial charge >= 0.3 is 0 Å². The molecule has 0 radical (unpaired) electrons. The lowest BCUT2D eigenvalue weighted by Gasteiger charge is -2.33. The van der Waals surface area contributed by atoms with Gasteiger partial charge < -0.3 is 0 Å². The number of nitrogens with zero attached hydrogens (tertiary/aromatic N) is 1. The summed E-state index contributed by atoms with van der Waals surface area (Å²) in [6, 6.07) is 5.44. The molecule has 3 nitrogen and oxygen atoms in total. The summed E-state index contributed by atoms with van der Waals surface area (Å²) >= 11 is 5.89. The van der Waals surface area contributed by atoms with Crippen molar-refractivity contribution in [1.29, 1.82) is 0 Å². The van der Waals surface area contributed by atoms with Crippen LogP contribution in [-0.2, 0) is 15.9 Å². The molecule has 1 aromatic carbocycles. The molecule has 1 aromatic rings. The molecule has 1 aliphatic carbocycles. The topological polar surface area (TPSA) is 37.4 Å². The zero-order valence-corrected chi connectivity index (χ0v) is 14.5. The minimum atomic E-state index is -3.45. The number of hydrogen-bond donors (Lipinski definition) is 0. The molecule has 0 N–H and O–H groups in total. The van der Waals surface area contributed by atoms with Gasteiger partial charge in [0.2, 0.25) is 10.0 Å². The van der Waals surface area contributed by atoms with Gasteiger partial charge in [0.1, 0.15) is 0 Å². The number of benzene rings is 1. The lowest BCUT2D eigenvalue weighted by molar-refractivity contribution is 0.239. The van der Waals surface area contributed by atoms with Gasteiger partial charge in [-0.15, -0.1) is 11.6 Å². The molecule has 0 amide bonds. The third kappa shape index (κ3) is 3.43. The predicted octanol–water partition coefficient (Wildman–Crippen LogP) is 3.93. The van der Waals surface area contributed by atoms with Crippen LogP contribution in [0.4, 0.5) is 0 Å². The van der Waals surface area contributed by atoms with E-state index >= 15 is 0 Å². The summed E-state index contributed by atoms with van der Waals surface area (Å²) in [6.45, 7) is 4.04. The monoisotopic (exact) mass is 329 g/mol. The zero-order valence-electron chi connectivity index (χ0n) is 13.0. The van der Waals surface area contributed by atoms with Crippen LogP contribution in [0.1, 0.15) is 43.7 Å². The van der Waals surface area contributed by atoms with Gasteiger partial charge in [0.05, 0.1) is 4.90 Å². The fourth-order valence-electron chi connectivity index (χ4n) is 3.17. The summed E-state index contributed by atoms with van der Waals surface area (Å²) in [5, 5.41) is 0. The molecule has 21 heavy (non-hydrogen) atoms. The van der Waals surface area contributed by atoms with Gasteiger partial charge in [0.25, 0.3) is 0 Å². The molecule has 118 valence electrons. The summed E-state index contributed by atoms with van der Waals surface area (Å²) < 4.78 is 27.4. The number of rotatable bonds is 4. The second-order valence-electron chi connectivity index (χ2n) is 6.12. The average Bonchev–Trinajstić information content (AvgIpc) is 2.46. The largest absolute Gasteiger partial charge is 0.243 e. The molecule has 0 aliphatic heterocycles. The van der Waals surface area contributed by atoms with Crippen molar-refractivity contribution in [3.8, 4) is 0 Å². The Bertz CT molecular complexity index is 600. The van der Waals surface area contributed by atoms with E-state index in [4.69, 9.17) is 11.6 Å². The van der Waals surface area contributed by atoms with Gasteiger partial charge in [0, 0.05) is 19.0 Å². The summed E-state index contributed by atoms with van der Waals surface area (Å²) in [5.74, 6) is 0.927. The maximum absolute atomic E-state index is 12.9. The molecular formula is C16H24ClNO2S. The molecule has 1 fully saturated rings. The zero-order chi connectivity index (χ0) is 15.6. The Balaban J connectivity index is 2.33. The molecule has 0 aromatic heterocycles. The first kappa shape index (κ1) is 16.8. The van der Waals surface area contributed by atoms with Crippen LogP contribution in [0.25, 0.3) is 0 Å². The van der Waals surface area contributed by atoms with Crippen molar-refractivity contribution in [3.63, 3.8) is 0 Å². The first-order valence-electron chi connectivity index (χ1n) is 7.50. The molecule has 2 rings (SSSR count). The number of sulfonamides is 1. The molecular weight excluding hydrogens is 306 g/mol. The van der Waals surface area contributed by atoms with Crippen molar-refractivity contribution >= 4 is 21.6 Å². The SMILES string of the molecule is Cc1c(CCl)cccc1S(=O)(=O)N(C)C1CCCC(C)C1. The molecule has 0 saturated heterocycles. The standard InChI is InChI=1S/C16H24ClNO2S/c1-12-6-4-8-15(10-12)18(3)21(19,20)16-9-5-7-14(11-17)13(16)2/h5,7,9,12,15H,4,6,8,10-11H2,1-3H3. The van der Waals surface area contributed by atoms with E-state index in [1.54, 1.807) is 23.5 Å². The second kappa shape index (κ2) is 6.67.